The van der Waals surface area contributed by atoms with Gasteiger partial charge in [0, 0.05) is 27.4 Å². The molecular weight excluding hydrogens is 476 g/mol. The maximum atomic E-state index is 12.8. The van der Waals surface area contributed by atoms with Gasteiger partial charge in [-0.05, 0) is 48.5 Å². The summed E-state index contributed by atoms with van der Waals surface area (Å²) in [7, 11) is 0. The van der Waals surface area contributed by atoms with Crippen molar-refractivity contribution >= 4 is 52.5 Å². The lowest BCUT2D eigenvalue weighted by atomic mass is 10.1. The lowest BCUT2D eigenvalue weighted by Crippen LogP contribution is -2.14. The lowest BCUT2D eigenvalue weighted by Gasteiger charge is -2.10. The molecule has 1 N–H and O–H groups in total. The number of furan rings is 1. The zero-order valence-corrected chi connectivity index (χ0v) is 17.5. The average molecular weight is 486 g/mol. The summed E-state index contributed by atoms with van der Waals surface area (Å²) in [6.07, 6.45) is -3.43. The molecule has 0 spiro atoms. The van der Waals surface area contributed by atoms with Gasteiger partial charge in [0.25, 0.3) is 5.91 Å². The number of carbonyl (C=O) groups excluding carboxylic acids is 1. The van der Waals surface area contributed by atoms with Crippen molar-refractivity contribution in [2.45, 2.75) is 6.18 Å². The summed E-state index contributed by atoms with van der Waals surface area (Å²) in [5, 5.41) is 11.9. The van der Waals surface area contributed by atoms with Gasteiger partial charge in [-0.15, -0.1) is 0 Å². The maximum Gasteiger partial charge on any atom is 0.417 e. The number of amides is 1. The Bertz CT molecular complexity index is 1210. The van der Waals surface area contributed by atoms with Crippen LogP contribution in [0.25, 0.3) is 17.4 Å². The first kappa shape index (κ1) is 22.8. The number of hydrogen-bond acceptors (Lipinski definition) is 3. The quantitative estimate of drug-likeness (QED) is 0.308. The minimum atomic E-state index is -4.62. The number of halogens is 6. The Labute approximate surface area is 189 Å². The maximum absolute atomic E-state index is 12.8. The van der Waals surface area contributed by atoms with E-state index in [2.05, 4.69) is 5.32 Å². The van der Waals surface area contributed by atoms with E-state index in [0.717, 1.165) is 18.2 Å². The third-order valence-electron chi connectivity index (χ3n) is 3.96. The molecule has 31 heavy (non-hydrogen) atoms. The highest BCUT2D eigenvalue weighted by atomic mass is 35.5. The molecule has 2 aromatic carbocycles. The SMILES string of the molecule is N#C/C(=C\c1ccc(-c2cc(Cl)cc(Cl)c2)o1)C(=O)Nc1ccc(C(F)(F)F)c(Cl)c1. The van der Waals surface area contributed by atoms with Gasteiger partial charge in [-0.3, -0.25) is 4.79 Å². The van der Waals surface area contributed by atoms with Crippen molar-refractivity contribution in [2.75, 3.05) is 5.32 Å². The van der Waals surface area contributed by atoms with E-state index in [4.69, 9.17) is 39.2 Å². The van der Waals surface area contributed by atoms with E-state index in [9.17, 15) is 23.2 Å². The molecular formula is C21H10Cl3F3N2O2. The van der Waals surface area contributed by atoms with Crippen LogP contribution in [0.2, 0.25) is 15.1 Å². The van der Waals surface area contributed by atoms with Gasteiger partial charge >= 0.3 is 6.18 Å². The molecule has 1 aromatic heterocycles. The minimum Gasteiger partial charge on any atom is -0.457 e. The van der Waals surface area contributed by atoms with Crippen LogP contribution in [-0.2, 0) is 11.0 Å². The zero-order valence-electron chi connectivity index (χ0n) is 15.2. The number of nitrogens with zero attached hydrogens (tertiary/aromatic N) is 1. The van der Waals surface area contributed by atoms with Crippen molar-refractivity contribution in [1.82, 2.24) is 0 Å². The first-order valence-corrected chi connectivity index (χ1v) is 9.56. The number of carbonyl (C=O) groups is 1. The van der Waals surface area contributed by atoms with Crippen LogP contribution in [0.4, 0.5) is 18.9 Å². The normalized spacial score (nSPS) is 11.8. The summed E-state index contributed by atoms with van der Waals surface area (Å²) in [5.74, 6) is -0.242. The number of benzene rings is 2. The molecule has 3 aromatic rings. The molecule has 0 fully saturated rings. The largest absolute Gasteiger partial charge is 0.457 e. The molecule has 3 rings (SSSR count). The van der Waals surface area contributed by atoms with Gasteiger partial charge in [-0.1, -0.05) is 34.8 Å². The molecule has 0 aliphatic heterocycles. The van der Waals surface area contributed by atoms with Crippen LogP contribution in [0.5, 0.6) is 0 Å². The van der Waals surface area contributed by atoms with E-state index < -0.39 is 22.7 Å². The highest BCUT2D eigenvalue weighted by Crippen LogP contribution is 2.36. The van der Waals surface area contributed by atoms with Crippen molar-refractivity contribution in [1.29, 1.82) is 5.26 Å². The molecule has 1 amide bonds. The van der Waals surface area contributed by atoms with Crippen molar-refractivity contribution in [3.05, 3.63) is 80.5 Å². The summed E-state index contributed by atoms with van der Waals surface area (Å²) in [5.41, 5.74) is -0.772. The van der Waals surface area contributed by atoms with Gasteiger partial charge < -0.3 is 9.73 Å². The summed E-state index contributed by atoms with van der Waals surface area (Å²) in [6, 6.07) is 12.4. The molecule has 0 bridgehead atoms. The molecule has 0 saturated heterocycles. The minimum absolute atomic E-state index is 0.00199. The molecule has 10 heteroatoms. The third-order valence-corrected chi connectivity index (χ3v) is 4.71. The number of nitrogens with one attached hydrogen (secondary N) is 1. The van der Waals surface area contributed by atoms with Crippen LogP contribution in [0.1, 0.15) is 11.3 Å². The van der Waals surface area contributed by atoms with E-state index in [1.807, 2.05) is 0 Å². The highest BCUT2D eigenvalue weighted by molar-refractivity contribution is 6.35. The smallest absolute Gasteiger partial charge is 0.417 e. The number of alkyl halides is 3. The fourth-order valence-electron chi connectivity index (χ4n) is 2.59. The summed E-state index contributed by atoms with van der Waals surface area (Å²) < 4.78 is 44.0. The summed E-state index contributed by atoms with van der Waals surface area (Å²) in [4.78, 5) is 12.4. The zero-order chi connectivity index (χ0) is 22.8. The third kappa shape index (κ3) is 5.61. The second-order valence-corrected chi connectivity index (χ2v) is 7.46. The predicted molar refractivity (Wildman–Crippen MR) is 113 cm³/mol. The highest BCUT2D eigenvalue weighted by Gasteiger charge is 2.33. The van der Waals surface area contributed by atoms with E-state index in [-0.39, 0.29) is 17.0 Å². The number of anilines is 1. The van der Waals surface area contributed by atoms with Crippen LogP contribution in [0.3, 0.4) is 0 Å². The Kier molecular flexibility index (Phi) is 6.65. The predicted octanol–water partition coefficient (Wildman–Crippen LogP) is 7.47. The summed E-state index contributed by atoms with van der Waals surface area (Å²) in [6.45, 7) is 0. The van der Waals surface area contributed by atoms with Crippen LogP contribution in [0.15, 0.2) is 58.5 Å². The second-order valence-electron chi connectivity index (χ2n) is 6.18. The van der Waals surface area contributed by atoms with Crippen molar-refractivity contribution in [2.24, 2.45) is 0 Å². The standard InChI is InChI=1S/C21H10Cl3F3N2O2/c22-13-5-11(6-14(23)8-13)19-4-2-16(31-19)7-12(10-28)20(30)29-15-1-3-17(18(24)9-15)21(25,26)27/h1-9H,(H,29,30)/b12-7+. The molecule has 0 saturated carbocycles. The monoisotopic (exact) mass is 484 g/mol. The molecule has 158 valence electrons. The first-order chi connectivity index (χ1) is 14.6. The Morgan fingerprint density at radius 3 is 2.29 bits per heavy atom. The first-order valence-electron chi connectivity index (χ1n) is 8.43. The van der Waals surface area contributed by atoms with Crippen molar-refractivity contribution in [3.63, 3.8) is 0 Å². The lowest BCUT2D eigenvalue weighted by molar-refractivity contribution is -0.137. The van der Waals surface area contributed by atoms with E-state index in [1.165, 1.54) is 12.1 Å². The topological polar surface area (TPSA) is 66.0 Å². The van der Waals surface area contributed by atoms with Gasteiger partial charge in [0.05, 0.1) is 10.6 Å². The summed E-state index contributed by atoms with van der Waals surface area (Å²) >= 11 is 17.6. The second kappa shape index (κ2) is 9.06. The van der Waals surface area contributed by atoms with Crippen LogP contribution in [0, 0.1) is 11.3 Å². The Hall–Kier alpha value is -2.92. The molecule has 0 aliphatic carbocycles. The van der Waals surface area contributed by atoms with E-state index >= 15 is 0 Å². The molecule has 1 heterocycles. The molecule has 0 atom stereocenters. The van der Waals surface area contributed by atoms with Gasteiger partial charge in [0.15, 0.2) is 0 Å². The molecule has 0 unspecified atom stereocenters. The van der Waals surface area contributed by atoms with Crippen LogP contribution < -0.4 is 5.32 Å². The van der Waals surface area contributed by atoms with Gasteiger partial charge in [-0.25, -0.2) is 0 Å². The van der Waals surface area contributed by atoms with Crippen molar-refractivity contribution in [3.8, 4) is 17.4 Å². The molecule has 4 nitrogen and oxygen atoms in total. The van der Waals surface area contributed by atoms with Crippen LogP contribution >= 0.6 is 34.8 Å². The van der Waals surface area contributed by atoms with Crippen LogP contribution in [-0.4, -0.2) is 5.91 Å². The average Bonchev–Trinajstić information content (AvgIpc) is 3.13. The van der Waals surface area contributed by atoms with Crippen molar-refractivity contribution < 1.29 is 22.4 Å². The number of rotatable bonds is 4. The molecule has 0 radical (unpaired) electrons. The Morgan fingerprint density at radius 1 is 1.03 bits per heavy atom. The fraction of sp³-hybridized carbons (Fsp3) is 0.0476. The van der Waals surface area contributed by atoms with E-state index in [1.54, 1.807) is 30.3 Å². The number of nitriles is 1. The van der Waals surface area contributed by atoms with Gasteiger partial charge in [0.2, 0.25) is 0 Å². The van der Waals surface area contributed by atoms with Gasteiger partial charge in [-0.2, -0.15) is 18.4 Å². The van der Waals surface area contributed by atoms with E-state index in [0.29, 0.717) is 21.4 Å². The fourth-order valence-corrected chi connectivity index (χ4v) is 3.41. The van der Waals surface area contributed by atoms with Gasteiger partial charge in [0.1, 0.15) is 23.2 Å². The number of hydrogen-bond donors (Lipinski definition) is 1. The molecule has 0 aliphatic rings. The Morgan fingerprint density at radius 2 is 1.71 bits per heavy atom. The Balaban J connectivity index is 1.81.